The lowest BCUT2D eigenvalue weighted by atomic mass is 9.98. The van der Waals surface area contributed by atoms with Crippen LogP contribution in [0.1, 0.15) is 42.3 Å². The fraction of sp³-hybridized carbons (Fsp3) is 0.381. The van der Waals surface area contributed by atoms with Gasteiger partial charge in [-0.1, -0.05) is 60.7 Å². The van der Waals surface area contributed by atoms with Crippen molar-refractivity contribution in [3.8, 4) is 0 Å². The molecule has 0 unspecified atom stereocenters. The van der Waals surface area contributed by atoms with Crippen molar-refractivity contribution in [2.75, 3.05) is 13.1 Å². The molecule has 24 heavy (non-hydrogen) atoms. The Balaban J connectivity index is 1.54. The lowest BCUT2D eigenvalue weighted by Gasteiger charge is -2.27. The molecule has 2 fully saturated rings. The Hall–Kier alpha value is -2.13. The molecule has 124 valence electrons. The normalized spacial score (nSPS) is 22.2. The lowest BCUT2D eigenvalue weighted by Crippen LogP contribution is -2.40. The van der Waals surface area contributed by atoms with E-state index < -0.39 is 0 Å². The molecule has 0 radical (unpaired) electrons. The van der Waals surface area contributed by atoms with E-state index in [9.17, 15) is 4.79 Å². The smallest absolute Gasteiger partial charge is 0.242 e. The van der Waals surface area contributed by atoms with Gasteiger partial charge in [0.05, 0.1) is 0 Å². The molecule has 1 amide bonds. The predicted octanol–water partition coefficient (Wildman–Crippen LogP) is 3.50. The third kappa shape index (κ3) is 3.36. The van der Waals surface area contributed by atoms with Crippen LogP contribution in [0.5, 0.6) is 0 Å². The minimum absolute atomic E-state index is 0.164. The van der Waals surface area contributed by atoms with Gasteiger partial charge in [-0.05, 0) is 42.9 Å². The fourth-order valence-corrected chi connectivity index (χ4v) is 3.69. The van der Waals surface area contributed by atoms with Gasteiger partial charge in [-0.2, -0.15) is 0 Å². The maximum atomic E-state index is 12.9. The number of hydrogen-bond donors (Lipinski definition) is 1. The summed E-state index contributed by atoms with van der Waals surface area (Å²) >= 11 is 0. The summed E-state index contributed by atoms with van der Waals surface area (Å²) in [6.07, 6.45) is 3.36. The van der Waals surface area contributed by atoms with Crippen LogP contribution < -0.4 is 5.32 Å². The van der Waals surface area contributed by atoms with E-state index in [1.54, 1.807) is 0 Å². The average Bonchev–Trinajstić information content (AvgIpc) is 3.31. The Labute approximate surface area is 143 Å². The van der Waals surface area contributed by atoms with E-state index >= 15 is 0 Å². The fourth-order valence-electron chi connectivity index (χ4n) is 3.69. The van der Waals surface area contributed by atoms with Gasteiger partial charge < -0.3 is 5.32 Å². The second kappa shape index (κ2) is 6.78. The first-order chi connectivity index (χ1) is 11.8. The molecule has 3 nitrogen and oxygen atoms in total. The van der Waals surface area contributed by atoms with Crippen LogP contribution in [-0.4, -0.2) is 29.9 Å². The Morgan fingerprint density at radius 2 is 1.62 bits per heavy atom. The van der Waals surface area contributed by atoms with Crippen LogP contribution in [0.3, 0.4) is 0 Å². The van der Waals surface area contributed by atoms with Gasteiger partial charge in [0.25, 0.3) is 0 Å². The number of likely N-dealkylation sites (tertiary alicyclic amines) is 1. The molecule has 1 aliphatic carbocycles. The second-order valence-corrected chi connectivity index (χ2v) is 6.99. The Morgan fingerprint density at radius 3 is 2.29 bits per heavy atom. The zero-order chi connectivity index (χ0) is 16.4. The van der Waals surface area contributed by atoms with Crippen molar-refractivity contribution >= 4 is 5.91 Å². The highest BCUT2D eigenvalue weighted by Crippen LogP contribution is 2.33. The maximum absolute atomic E-state index is 12.9. The van der Waals surface area contributed by atoms with E-state index in [1.807, 2.05) is 18.2 Å². The van der Waals surface area contributed by atoms with Crippen LogP contribution in [0.15, 0.2) is 60.7 Å². The Kier molecular flexibility index (Phi) is 4.35. The molecule has 0 aromatic heterocycles. The maximum Gasteiger partial charge on any atom is 0.242 e. The van der Waals surface area contributed by atoms with Crippen LogP contribution in [0.4, 0.5) is 0 Å². The average molecular weight is 320 g/mol. The molecule has 2 aromatic rings. The van der Waals surface area contributed by atoms with E-state index in [0.717, 1.165) is 37.9 Å². The molecule has 0 spiro atoms. The second-order valence-electron chi connectivity index (χ2n) is 6.99. The molecule has 2 aromatic carbocycles. The summed E-state index contributed by atoms with van der Waals surface area (Å²) in [5.41, 5.74) is 2.48. The van der Waals surface area contributed by atoms with Gasteiger partial charge in [-0.25, -0.2) is 0 Å². The molecule has 2 atom stereocenters. The van der Waals surface area contributed by atoms with Gasteiger partial charge in [-0.15, -0.1) is 0 Å². The van der Waals surface area contributed by atoms with E-state index in [0.29, 0.717) is 12.0 Å². The molecule has 1 aliphatic heterocycles. The minimum Gasteiger partial charge on any atom is -0.352 e. The molecule has 3 heteroatoms. The van der Waals surface area contributed by atoms with Gasteiger partial charge in [0, 0.05) is 12.6 Å². The number of carbonyl (C=O) groups excluding carboxylic acids is 1. The van der Waals surface area contributed by atoms with Crippen molar-refractivity contribution in [3.63, 3.8) is 0 Å². The van der Waals surface area contributed by atoms with Gasteiger partial charge in [0.1, 0.15) is 6.04 Å². The standard InChI is InChI=1S/C21H24N2O/c24-21(22-19-11-12-19)20(17-9-5-2-6-10-17)23-14-13-18(15-23)16-7-3-1-4-8-16/h1-10,18-20H,11-15H2,(H,22,24)/t18-,20-/m1/s1. The van der Waals surface area contributed by atoms with Crippen LogP contribution in [0, 0.1) is 0 Å². The zero-order valence-corrected chi connectivity index (χ0v) is 13.9. The molecular weight excluding hydrogens is 296 g/mol. The summed E-state index contributed by atoms with van der Waals surface area (Å²) in [4.78, 5) is 15.2. The molecule has 1 N–H and O–H groups in total. The highest BCUT2D eigenvalue weighted by molar-refractivity contribution is 5.83. The summed E-state index contributed by atoms with van der Waals surface area (Å²) in [6.45, 7) is 1.92. The number of benzene rings is 2. The lowest BCUT2D eigenvalue weighted by molar-refractivity contribution is -0.126. The molecule has 1 saturated heterocycles. The van der Waals surface area contributed by atoms with Crippen molar-refractivity contribution in [3.05, 3.63) is 71.8 Å². The zero-order valence-electron chi connectivity index (χ0n) is 13.9. The summed E-state index contributed by atoms with van der Waals surface area (Å²) < 4.78 is 0. The third-order valence-corrected chi connectivity index (χ3v) is 5.14. The summed E-state index contributed by atoms with van der Waals surface area (Å²) in [5.74, 6) is 0.684. The van der Waals surface area contributed by atoms with E-state index in [2.05, 4.69) is 52.7 Å². The number of hydrogen-bond acceptors (Lipinski definition) is 2. The third-order valence-electron chi connectivity index (χ3n) is 5.14. The summed E-state index contributed by atoms with van der Waals surface area (Å²) in [5, 5.41) is 3.20. The Bertz CT molecular complexity index is 681. The van der Waals surface area contributed by atoms with Crippen LogP contribution in [-0.2, 0) is 4.79 Å². The quantitative estimate of drug-likeness (QED) is 0.914. The van der Waals surface area contributed by atoms with Crippen LogP contribution in [0.2, 0.25) is 0 Å². The van der Waals surface area contributed by atoms with Crippen molar-refractivity contribution < 1.29 is 4.79 Å². The first-order valence-corrected chi connectivity index (χ1v) is 8.95. The largest absolute Gasteiger partial charge is 0.352 e. The molecule has 2 aliphatic rings. The van der Waals surface area contributed by atoms with Crippen LogP contribution >= 0.6 is 0 Å². The molecular formula is C21H24N2O. The van der Waals surface area contributed by atoms with Gasteiger partial charge in [-0.3, -0.25) is 9.69 Å². The van der Waals surface area contributed by atoms with Crippen molar-refractivity contribution in [2.45, 2.75) is 37.3 Å². The summed E-state index contributed by atoms with van der Waals surface area (Å²) in [6, 6.07) is 21.1. The van der Waals surface area contributed by atoms with Gasteiger partial charge in [0.2, 0.25) is 5.91 Å². The van der Waals surface area contributed by atoms with E-state index in [-0.39, 0.29) is 11.9 Å². The minimum atomic E-state index is -0.166. The van der Waals surface area contributed by atoms with Crippen LogP contribution in [0.25, 0.3) is 0 Å². The number of amides is 1. The van der Waals surface area contributed by atoms with Gasteiger partial charge >= 0.3 is 0 Å². The van der Waals surface area contributed by atoms with Crippen molar-refractivity contribution in [1.29, 1.82) is 0 Å². The van der Waals surface area contributed by atoms with E-state index in [4.69, 9.17) is 0 Å². The Morgan fingerprint density at radius 1 is 0.958 bits per heavy atom. The monoisotopic (exact) mass is 320 g/mol. The van der Waals surface area contributed by atoms with E-state index in [1.165, 1.54) is 5.56 Å². The summed E-state index contributed by atoms with van der Waals surface area (Å²) in [7, 11) is 0. The highest BCUT2D eigenvalue weighted by atomic mass is 16.2. The number of rotatable bonds is 5. The first-order valence-electron chi connectivity index (χ1n) is 8.95. The highest BCUT2D eigenvalue weighted by Gasteiger charge is 2.36. The topological polar surface area (TPSA) is 32.3 Å². The molecule has 0 bridgehead atoms. The molecule has 4 rings (SSSR count). The van der Waals surface area contributed by atoms with Crippen molar-refractivity contribution in [1.82, 2.24) is 10.2 Å². The van der Waals surface area contributed by atoms with Gasteiger partial charge in [0.15, 0.2) is 0 Å². The number of nitrogens with one attached hydrogen (secondary N) is 1. The molecule has 1 heterocycles. The molecule has 1 saturated carbocycles. The predicted molar refractivity (Wildman–Crippen MR) is 95.7 cm³/mol. The number of nitrogens with zero attached hydrogens (tertiary/aromatic N) is 1. The van der Waals surface area contributed by atoms with Crippen molar-refractivity contribution in [2.24, 2.45) is 0 Å². The first kappa shape index (κ1) is 15.4. The SMILES string of the molecule is O=C(NC1CC1)[C@@H](c1ccccc1)N1CC[C@@H](c2ccccc2)C1. The number of carbonyl (C=O) groups is 1.